The molecule has 7 heteroatoms. The summed E-state index contributed by atoms with van der Waals surface area (Å²) in [6.45, 7) is 1.78. The third-order valence-electron chi connectivity index (χ3n) is 3.65. The van der Waals surface area contributed by atoms with Gasteiger partial charge in [-0.25, -0.2) is 15.6 Å². The average molecular weight is 317 g/mol. The predicted octanol–water partition coefficient (Wildman–Crippen LogP) is 1.86. The van der Waals surface area contributed by atoms with Crippen molar-refractivity contribution in [3.05, 3.63) is 48.0 Å². The molecule has 0 saturated carbocycles. The molecule has 0 aliphatic carbocycles. The predicted molar refractivity (Wildman–Crippen MR) is 86.2 cm³/mol. The van der Waals surface area contributed by atoms with Crippen LogP contribution in [-0.4, -0.2) is 44.8 Å². The second-order valence-electron chi connectivity index (χ2n) is 5.18. The zero-order valence-corrected chi connectivity index (χ0v) is 13.1. The average Bonchev–Trinajstić information content (AvgIpc) is 2.96. The lowest BCUT2D eigenvalue weighted by molar-refractivity contribution is 0.154. The van der Waals surface area contributed by atoms with E-state index in [-0.39, 0.29) is 6.03 Å². The van der Waals surface area contributed by atoms with Gasteiger partial charge in [0.05, 0.1) is 6.33 Å². The van der Waals surface area contributed by atoms with Gasteiger partial charge in [0, 0.05) is 48.6 Å². The molecule has 0 atom stereocenters. The number of fused-ring (bicyclic) bond motifs is 1. The number of hydrazine groups is 1. The SMILES string of the molecule is NN(CCc1cnc[nH]1)C(=O)N1CCSc2ccccc2C1. The number of thioether (sulfide) groups is 1. The van der Waals surface area contributed by atoms with Crippen molar-refractivity contribution < 1.29 is 4.79 Å². The summed E-state index contributed by atoms with van der Waals surface area (Å²) in [5, 5.41) is 1.29. The fourth-order valence-electron chi connectivity index (χ4n) is 2.43. The Bertz CT molecular complexity index is 631. The summed E-state index contributed by atoms with van der Waals surface area (Å²) in [6, 6.07) is 8.08. The summed E-state index contributed by atoms with van der Waals surface area (Å²) in [5.74, 6) is 6.82. The Balaban J connectivity index is 1.61. The fourth-order valence-corrected chi connectivity index (χ4v) is 3.45. The van der Waals surface area contributed by atoms with E-state index in [9.17, 15) is 4.79 Å². The van der Waals surface area contributed by atoms with Crippen LogP contribution in [0.5, 0.6) is 0 Å². The van der Waals surface area contributed by atoms with Crippen molar-refractivity contribution in [2.75, 3.05) is 18.8 Å². The maximum atomic E-state index is 12.5. The van der Waals surface area contributed by atoms with Gasteiger partial charge in [0.15, 0.2) is 0 Å². The van der Waals surface area contributed by atoms with Crippen molar-refractivity contribution in [3.63, 3.8) is 0 Å². The standard InChI is InChI=1S/C15H19N5OS/c16-20(6-5-13-9-17-11-18-13)15(21)19-7-8-22-14-4-2-1-3-12(14)10-19/h1-4,9,11H,5-8,10,16H2,(H,17,18). The molecule has 0 saturated heterocycles. The van der Waals surface area contributed by atoms with E-state index < -0.39 is 0 Å². The Morgan fingerprint density at radius 2 is 2.32 bits per heavy atom. The lowest BCUT2D eigenvalue weighted by Crippen LogP contribution is -2.48. The van der Waals surface area contributed by atoms with Gasteiger partial charge in [-0.1, -0.05) is 18.2 Å². The first kappa shape index (κ1) is 14.9. The second-order valence-corrected chi connectivity index (χ2v) is 6.32. The van der Waals surface area contributed by atoms with E-state index in [1.165, 1.54) is 15.5 Å². The smallest absolute Gasteiger partial charge is 0.334 e. The number of nitrogens with one attached hydrogen (secondary N) is 1. The number of imidazole rings is 1. The van der Waals surface area contributed by atoms with E-state index >= 15 is 0 Å². The largest absolute Gasteiger partial charge is 0.348 e. The summed E-state index contributed by atoms with van der Waals surface area (Å²) in [6.07, 6.45) is 4.04. The maximum absolute atomic E-state index is 12.5. The minimum atomic E-state index is -0.128. The van der Waals surface area contributed by atoms with Crippen LogP contribution in [-0.2, 0) is 13.0 Å². The molecule has 22 heavy (non-hydrogen) atoms. The number of hydrogen-bond donors (Lipinski definition) is 2. The number of aromatic nitrogens is 2. The quantitative estimate of drug-likeness (QED) is 0.514. The number of amides is 2. The minimum Gasteiger partial charge on any atom is -0.348 e. The number of carbonyl (C=O) groups is 1. The normalized spacial score (nSPS) is 14.3. The second kappa shape index (κ2) is 6.85. The molecule has 0 bridgehead atoms. The van der Waals surface area contributed by atoms with Crippen LogP contribution >= 0.6 is 11.8 Å². The first-order valence-electron chi connectivity index (χ1n) is 7.23. The van der Waals surface area contributed by atoms with Gasteiger partial charge in [0.1, 0.15) is 0 Å². The van der Waals surface area contributed by atoms with E-state index in [2.05, 4.69) is 22.1 Å². The molecule has 1 aromatic carbocycles. The Hall–Kier alpha value is -1.99. The summed E-state index contributed by atoms with van der Waals surface area (Å²) in [7, 11) is 0. The fraction of sp³-hybridized carbons (Fsp3) is 0.333. The summed E-state index contributed by atoms with van der Waals surface area (Å²) in [5.41, 5.74) is 2.15. The number of nitrogens with two attached hydrogens (primary N) is 1. The molecule has 2 amide bonds. The zero-order chi connectivity index (χ0) is 15.4. The van der Waals surface area contributed by atoms with Crippen LogP contribution in [0.3, 0.4) is 0 Å². The Kier molecular flexibility index (Phi) is 4.65. The molecule has 3 rings (SSSR count). The summed E-state index contributed by atoms with van der Waals surface area (Å²) < 4.78 is 0. The molecule has 1 aliphatic rings. The van der Waals surface area contributed by atoms with Crippen molar-refractivity contribution in [3.8, 4) is 0 Å². The number of urea groups is 1. The topological polar surface area (TPSA) is 78.2 Å². The van der Waals surface area contributed by atoms with E-state index in [0.29, 0.717) is 26.1 Å². The van der Waals surface area contributed by atoms with Crippen molar-refractivity contribution in [2.24, 2.45) is 5.84 Å². The van der Waals surface area contributed by atoms with Gasteiger partial charge in [-0.15, -0.1) is 11.8 Å². The number of benzene rings is 1. The molecule has 1 aromatic heterocycles. The van der Waals surface area contributed by atoms with Gasteiger partial charge in [-0.05, 0) is 11.6 Å². The van der Waals surface area contributed by atoms with Gasteiger partial charge in [-0.3, -0.25) is 5.01 Å². The molecule has 3 N–H and O–H groups in total. The lowest BCUT2D eigenvalue weighted by atomic mass is 10.2. The highest BCUT2D eigenvalue weighted by Crippen LogP contribution is 2.27. The van der Waals surface area contributed by atoms with E-state index in [4.69, 9.17) is 5.84 Å². The molecule has 0 spiro atoms. The first-order chi connectivity index (χ1) is 10.7. The molecule has 2 aromatic rings. The molecule has 2 heterocycles. The van der Waals surface area contributed by atoms with Gasteiger partial charge >= 0.3 is 6.03 Å². The van der Waals surface area contributed by atoms with Gasteiger partial charge in [0.2, 0.25) is 0 Å². The van der Waals surface area contributed by atoms with E-state index in [1.807, 2.05) is 17.0 Å². The van der Waals surface area contributed by atoms with Crippen LogP contribution in [0.2, 0.25) is 0 Å². The van der Waals surface area contributed by atoms with Crippen molar-refractivity contribution in [1.29, 1.82) is 0 Å². The van der Waals surface area contributed by atoms with Crippen LogP contribution in [0.1, 0.15) is 11.3 Å². The molecule has 0 fully saturated rings. The van der Waals surface area contributed by atoms with Crippen LogP contribution < -0.4 is 5.84 Å². The molecule has 0 unspecified atom stereocenters. The number of nitrogens with zero attached hydrogens (tertiary/aromatic N) is 3. The number of aromatic amines is 1. The van der Waals surface area contributed by atoms with Crippen LogP contribution in [0.15, 0.2) is 41.7 Å². The highest BCUT2D eigenvalue weighted by atomic mass is 32.2. The molecule has 116 valence electrons. The van der Waals surface area contributed by atoms with Crippen molar-refractivity contribution in [1.82, 2.24) is 19.9 Å². The highest BCUT2D eigenvalue weighted by molar-refractivity contribution is 7.99. The lowest BCUT2D eigenvalue weighted by Gasteiger charge is -2.26. The van der Waals surface area contributed by atoms with E-state index in [0.717, 1.165) is 11.4 Å². The van der Waals surface area contributed by atoms with Crippen molar-refractivity contribution >= 4 is 17.8 Å². The van der Waals surface area contributed by atoms with Gasteiger partial charge in [-0.2, -0.15) is 0 Å². The number of carbonyl (C=O) groups excluding carboxylic acids is 1. The highest BCUT2D eigenvalue weighted by Gasteiger charge is 2.22. The monoisotopic (exact) mass is 317 g/mol. The zero-order valence-electron chi connectivity index (χ0n) is 12.2. The van der Waals surface area contributed by atoms with Crippen LogP contribution in [0, 0.1) is 0 Å². The van der Waals surface area contributed by atoms with Crippen molar-refractivity contribution in [2.45, 2.75) is 17.9 Å². The van der Waals surface area contributed by atoms with Crippen LogP contribution in [0.4, 0.5) is 4.79 Å². The molecule has 0 radical (unpaired) electrons. The number of H-pyrrole nitrogens is 1. The molecule has 1 aliphatic heterocycles. The number of hydrogen-bond acceptors (Lipinski definition) is 4. The Morgan fingerprint density at radius 1 is 1.45 bits per heavy atom. The van der Waals surface area contributed by atoms with Gasteiger partial charge in [0.25, 0.3) is 0 Å². The van der Waals surface area contributed by atoms with E-state index in [1.54, 1.807) is 24.3 Å². The summed E-state index contributed by atoms with van der Waals surface area (Å²) >= 11 is 1.79. The Labute approximate surface area is 133 Å². The third-order valence-corrected chi connectivity index (χ3v) is 4.74. The number of rotatable bonds is 3. The molecular weight excluding hydrogens is 298 g/mol. The minimum absolute atomic E-state index is 0.128. The third kappa shape index (κ3) is 3.42. The van der Waals surface area contributed by atoms with Crippen LogP contribution in [0.25, 0.3) is 0 Å². The summed E-state index contributed by atoms with van der Waals surface area (Å²) in [4.78, 5) is 22.5. The Morgan fingerprint density at radius 3 is 3.14 bits per heavy atom. The van der Waals surface area contributed by atoms with Gasteiger partial charge < -0.3 is 9.88 Å². The molecule has 6 nitrogen and oxygen atoms in total. The molecular formula is C15H19N5OS. The first-order valence-corrected chi connectivity index (χ1v) is 8.21. The maximum Gasteiger partial charge on any atom is 0.334 e.